The molecule has 0 atom stereocenters. The van der Waals surface area contributed by atoms with Crippen molar-refractivity contribution in [1.29, 1.82) is 0 Å². The molecule has 0 amide bonds. The summed E-state index contributed by atoms with van der Waals surface area (Å²) in [6.07, 6.45) is 6.33. The molecule has 1 aliphatic heterocycles. The van der Waals surface area contributed by atoms with Gasteiger partial charge in [-0.1, -0.05) is 0 Å². The van der Waals surface area contributed by atoms with Crippen LogP contribution in [0.2, 0.25) is 0 Å². The molecule has 0 N–H and O–H groups in total. The molecule has 1 heterocycles. The average Bonchev–Trinajstić information content (AvgIpc) is 2.90. The van der Waals surface area contributed by atoms with E-state index >= 15 is 0 Å². The predicted molar refractivity (Wildman–Crippen MR) is 60.0 cm³/mol. The lowest BCUT2D eigenvalue weighted by atomic mass is 10.4. The Morgan fingerprint density at radius 3 is 2.24 bits per heavy atom. The van der Waals surface area contributed by atoms with Crippen molar-refractivity contribution in [2.45, 2.75) is 31.4 Å². The molecule has 2 rings (SSSR count). The zero-order valence-electron chi connectivity index (χ0n) is 9.98. The predicted octanol–water partition coefficient (Wildman–Crippen LogP) is 0.845. The molecule has 2 fully saturated rings. The first-order valence-corrected chi connectivity index (χ1v) is 5.90. The van der Waals surface area contributed by atoms with Crippen LogP contribution in [0.5, 0.6) is 0 Å². The van der Waals surface area contributed by atoms with E-state index in [4.69, 9.17) is 4.74 Å². The Morgan fingerprint density at radius 1 is 1.12 bits per heavy atom. The first kappa shape index (κ1) is 12.1. The third-order valence-electron chi connectivity index (χ3n) is 3.21. The molecule has 0 unspecified atom stereocenters. The number of carbonyl (C=O) groups excluding carboxylic acids is 2. The molecule has 0 bridgehead atoms. The fourth-order valence-corrected chi connectivity index (χ4v) is 2.14. The number of methoxy groups -OCH3 is 1. The lowest BCUT2D eigenvalue weighted by molar-refractivity contribution is -0.157. The van der Waals surface area contributed by atoms with Crippen molar-refractivity contribution in [2.75, 3.05) is 20.2 Å². The van der Waals surface area contributed by atoms with Gasteiger partial charge < -0.3 is 9.47 Å². The molecule has 0 radical (unpaired) electrons. The molecule has 17 heavy (non-hydrogen) atoms. The summed E-state index contributed by atoms with van der Waals surface area (Å²) in [7, 11) is 1.27. The highest BCUT2D eigenvalue weighted by Gasteiger charge is 2.52. The molecule has 0 aromatic rings. The molecule has 0 spiro atoms. The van der Waals surface area contributed by atoms with Crippen LogP contribution in [0.15, 0.2) is 12.2 Å². The van der Waals surface area contributed by atoms with E-state index in [1.807, 2.05) is 0 Å². The van der Waals surface area contributed by atoms with Crippen LogP contribution in [0.4, 0.5) is 0 Å². The quantitative estimate of drug-likeness (QED) is 0.537. The van der Waals surface area contributed by atoms with Gasteiger partial charge in [-0.25, -0.2) is 9.59 Å². The molecule has 94 valence electrons. The maximum atomic E-state index is 11.5. The molecular weight excluding hydrogens is 222 g/mol. The van der Waals surface area contributed by atoms with Gasteiger partial charge in [0.1, 0.15) is 0 Å². The Kier molecular flexibility index (Phi) is 3.47. The average molecular weight is 239 g/mol. The summed E-state index contributed by atoms with van der Waals surface area (Å²) in [6, 6.07) is 0. The van der Waals surface area contributed by atoms with Gasteiger partial charge in [0.15, 0.2) is 5.72 Å². The van der Waals surface area contributed by atoms with Gasteiger partial charge in [0, 0.05) is 38.1 Å². The molecule has 1 saturated heterocycles. The maximum absolute atomic E-state index is 11.5. The van der Waals surface area contributed by atoms with Crippen molar-refractivity contribution in [3.8, 4) is 0 Å². The summed E-state index contributed by atoms with van der Waals surface area (Å²) < 4.78 is 9.82. The van der Waals surface area contributed by atoms with Gasteiger partial charge in [0.2, 0.25) is 0 Å². The molecule has 0 aromatic heterocycles. The lowest BCUT2D eigenvalue weighted by Crippen LogP contribution is -2.38. The van der Waals surface area contributed by atoms with Crippen molar-refractivity contribution < 1.29 is 19.1 Å². The Bertz CT molecular complexity index is 340. The molecule has 1 saturated carbocycles. The van der Waals surface area contributed by atoms with Crippen molar-refractivity contribution in [3.63, 3.8) is 0 Å². The van der Waals surface area contributed by atoms with E-state index < -0.39 is 11.9 Å². The molecular formula is C12H17NO4. The third kappa shape index (κ3) is 2.85. The van der Waals surface area contributed by atoms with Crippen LogP contribution in [0.3, 0.4) is 0 Å². The fraction of sp³-hybridized carbons (Fsp3) is 0.667. The highest BCUT2D eigenvalue weighted by atomic mass is 16.6. The largest absolute Gasteiger partial charge is 0.466 e. The summed E-state index contributed by atoms with van der Waals surface area (Å²) in [5.74, 6) is -1.02. The van der Waals surface area contributed by atoms with Gasteiger partial charge in [0.05, 0.1) is 7.11 Å². The van der Waals surface area contributed by atoms with E-state index in [-0.39, 0.29) is 5.72 Å². The minimum atomic E-state index is -0.548. The van der Waals surface area contributed by atoms with E-state index in [2.05, 4.69) is 9.64 Å². The Balaban J connectivity index is 1.86. The first-order valence-electron chi connectivity index (χ1n) is 5.90. The number of carbonyl (C=O) groups is 2. The van der Waals surface area contributed by atoms with Crippen LogP contribution in [0.25, 0.3) is 0 Å². The lowest BCUT2D eigenvalue weighted by Gasteiger charge is -2.26. The molecule has 0 aromatic carbocycles. The fourth-order valence-electron chi connectivity index (χ4n) is 2.14. The minimum Gasteiger partial charge on any atom is -0.466 e. The Hall–Kier alpha value is -1.36. The highest BCUT2D eigenvalue weighted by Crippen LogP contribution is 2.44. The number of likely N-dealkylation sites (tertiary alicyclic amines) is 1. The van der Waals surface area contributed by atoms with Gasteiger partial charge in [-0.05, 0) is 12.8 Å². The third-order valence-corrected chi connectivity index (χ3v) is 3.21. The number of nitrogens with zero attached hydrogens (tertiary/aromatic N) is 1. The Morgan fingerprint density at radius 2 is 1.71 bits per heavy atom. The number of esters is 2. The van der Waals surface area contributed by atoms with E-state index in [0.29, 0.717) is 0 Å². The smallest absolute Gasteiger partial charge is 0.332 e. The maximum Gasteiger partial charge on any atom is 0.332 e. The van der Waals surface area contributed by atoms with Crippen LogP contribution >= 0.6 is 0 Å². The number of hydrogen-bond donors (Lipinski definition) is 0. The van der Waals surface area contributed by atoms with Crippen LogP contribution in [-0.4, -0.2) is 42.8 Å². The SMILES string of the molecule is COC(=O)/C=C/C(=O)OC1(N2CCCC2)CC1. The summed E-state index contributed by atoms with van der Waals surface area (Å²) in [4.78, 5) is 24.6. The van der Waals surface area contributed by atoms with Crippen LogP contribution < -0.4 is 0 Å². The van der Waals surface area contributed by atoms with Gasteiger partial charge in [0.25, 0.3) is 0 Å². The van der Waals surface area contributed by atoms with Crippen molar-refractivity contribution in [1.82, 2.24) is 4.90 Å². The summed E-state index contributed by atoms with van der Waals surface area (Å²) in [5, 5.41) is 0. The number of rotatable bonds is 4. The zero-order chi connectivity index (χ0) is 12.3. The van der Waals surface area contributed by atoms with Gasteiger partial charge in [-0.2, -0.15) is 0 Å². The zero-order valence-corrected chi connectivity index (χ0v) is 9.98. The van der Waals surface area contributed by atoms with Crippen LogP contribution in [0.1, 0.15) is 25.7 Å². The summed E-state index contributed by atoms with van der Waals surface area (Å²) in [6.45, 7) is 1.99. The first-order chi connectivity index (χ1) is 8.16. The standard InChI is InChI=1S/C12H17NO4/c1-16-10(14)4-5-11(15)17-12(6-7-12)13-8-2-3-9-13/h4-5H,2-3,6-9H2,1H3/b5-4+. The van der Waals surface area contributed by atoms with E-state index in [9.17, 15) is 9.59 Å². The molecule has 5 heteroatoms. The van der Waals surface area contributed by atoms with Crippen molar-refractivity contribution >= 4 is 11.9 Å². The summed E-state index contributed by atoms with van der Waals surface area (Å²) >= 11 is 0. The second-order valence-corrected chi connectivity index (χ2v) is 4.42. The van der Waals surface area contributed by atoms with Crippen LogP contribution in [-0.2, 0) is 19.1 Å². The Labute approximate surface area is 100 Å². The summed E-state index contributed by atoms with van der Waals surface area (Å²) in [5.41, 5.74) is -0.381. The van der Waals surface area contributed by atoms with Gasteiger partial charge in [-0.3, -0.25) is 4.90 Å². The van der Waals surface area contributed by atoms with E-state index in [1.54, 1.807) is 0 Å². The molecule has 5 nitrogen and oxygen atoms in total. The van der Waals surface area contributed by atoms with Crippen molar-refractivity contribution in [3.05, 3.63) is 12.2 Å². The van der Waals surface area contributed by atoms with Gasteiger partial charge in [-0.15, -0.1) is 0 Å². The topological polar surface area (TPSA) is 55.8 Å². The van der Waals surface area contributed by atoms with Crippen LogP contribution in [0, 0.1) is 0 Å². The normalized spacial score (nSPS) is 22.6. The second kappa shape index (κ2) is 4.87. The monoisotopic (exact) mass is 239 g/mol. The van der Waals surface area contributed by atoms with Crippen molar-refractivity contribution in [2.24, 2.45) is 0 Å². The minimum absolute atomic E-state index is 0.381. The number of hydrogen-bond acceptors (Lipinski definition) is 5. The van der Waals surface area contributed by atoms with Gasteiger partial charge >= 0.3 is 11.9 Å². The molecule has 1 aliphatic carbocycles. The second-order valence-electron chi connectivity index (χ2n) is 4.42. The highest BCUT2D eigenvalue weighted by molar-refractivity contribution is 5.91. The number of ether oxygens (including phenoxy) is 2. The van der Waals surface area contributed by atoms with E-state index in [0.717, 1.165) is 50.9 Å². The molecule has 2 aliphatic rings. The van der Waals surface area contributed by atoms with E-state index in [1.165, 1.54) is 7.11 Å².